The Morgan fingerprint density at radius 3 is 2.59 bits per heavy atom. The van der Waals surface area contributed by atoms with E-state index in [1.807, 2.05) is 0 Å². The normalized spacial score (nSPS) is 14.0. The highest BCUT2D eigenvalue weighted by atomic mass is 79.9. The smallest absolute Gasteiger partial charge is 0.373 e. The molecule has 1 aliphatic heterocycles. The van der Waals surface area contributed by atoms with Crippen molar-refractivity contribution in [1.29, 1.82) is 0 Å². The Hall–Kier alpha value is -4.45. The van der Waals surface area contributed by atoms with E-state index < -0.39 is 29.6 Å². The van der Waals surface area contributed by atoms with E-state index >= 15 is 0 Å². The number of amides is 4. The summed E-state index contributed by atoms with van der Waals surface area (Å²) in [5.41, 5.74) is 1.06. The molecule has 2 heterocycles. The van der Waals surface area contributed by atoms with Crippen molar-refractivity contribution >= 4 is 51.5 Å². The number of urea groups is 1. The van der Waals surface area contributed by atoms with Gasteiger partial charge in [0.2, 0.25) is 5.76 Å². The summed E-state index contributed by atoms with van der Waals surface area (Å²) >= 11 is 3.36. The van der Waals surface area contributed by atoms with Crippen molar-refractivity contribution in [1.82, 2.24) is 10.2 Å². The molecule has 190 valence electrons. The van der Waals surface area contributed by atoms with Crippen LogP contribution < -0.4 is 15.4 Å². The Labute approximate surface area is 218 Å². The lowest BCUT2D eigenvalue weighted by atomic mass is 10.2. The number of benzene rings is 2. The number of furan rings is 1. The molecule has 0 spiro atoms. The van der Waals surface area contributed by atoms with Crippen LogP contribution in [0.3, 0.4) is 0 Å². The number of esters is 1. The van der Waals surface area contributed by atoms with Crippen molar-refractivity contribution < 1.29 is 37.5 Å². The second-order valence-corrected chi connectivity index (χ2v) is 8.52. The number of methoxy groups -OCH3 is 1. The van der Waals surface area contributed by atoms with Gasteiger partial charge in [-0.25, -0.2) is 14.0 Å². The van der Waals surface area contributed by atoms with Crippen molar-refractivity contribution in [3.8, 4) is 5.75 Å². The molecule has 0 atom stereocenters. The summed E-state index contributed by atoms with van der Waals surface area (Å²) in [6.45, 7) is -0.458. The van der Waals surface area contributed by atoms with Crippen molar-refractivity contribution in [2.75, 3.05) is 19.0 Å². The molecule has 10 nitrogen and oxygen atoms in total. The number of imide groups is 1. The second kappa shape index (κ2) is 11.1. The Balaban J connectivity index is 1.37. The summed E-state index contributed by atoms with van der Waals surface area (Å²) in [4.78, 5) is 49.7. The number of nitrogens with one attached hydrogen (secondary N) is 2. The highest BCUT2D eigenvalue weighted by Crippen LogP contribution is 2.28. The van der Waals surface area contributed by atoms with Crippen LogP contribution in [0.1, 0.15) is 21.9 Å². The van der Waals surface area contributed by atoms with Gasteiger partial charge in [0.1, 0.15) is 23.0 Å². The number of halogens is 2. The summed E-state index contributed by atoms with van der Waals surface area (Å²) in [5.74, 6) is -1.52. The van der Waals surface area contributed by atoms with Gasteiger partial charge < -0.3 is 24.5 Å². The molecule has 1 saturated heterocycles. The molecular weight excluding hydrogens is 553 g/mol. The summed E-state index contributed by atoms with van der Waals surface area (Å²) in [7, 11) is 1.21. The molecule has 0 aliphatic carbocycles. The standard InChI is InChI=1S/C25H19BrFN3O7/c1-35-24(33)21-9-7-17(37-21)12-30-23(32)19(29-25(30)34)11-14-2-8-20(18(26)10-14)36-13-22(31)28-16-5-3-15(27)4-6-16/h2-11H,12-13H2,1H3,(H,28,31)(H,29,34)/b19-11-. The molecule has 2 aromatic carbocycles. The first-order chi connectivity index (χ1) is 17.7. The minimum absolute atomic E-state index is 0.0413. The molecule has 37 heavy (non-hydrogen) atoms. The number of carbonyl (C=O) groups is 4. The van der Waals surface area contributed by atoms with Gasteiger partial charge in [0, 0.05) is 5.69 Å². The molecule has 2 N–H and O–H groups in total. The third-order valence-corrected chi connectivity index (χ3v) is 5.70. The molecule has 0 radical (unpaired) electrons. The van der Waals surface area contributed by atoms with E-state index in [0.29, 0.717) is 21.5 Å². The Morgan fingerprint density at radius 2 is 1.89 bits per heavy atom. The molecule has 4 rings (SSSR count). The van der Waals surface area contributed by atoms with E-state index in [4.69, 9.17) is 9.15 Å². The van der Waals surface area contributed by atoms with Gasteiger partial charge in [-0.3, -0.25) is 14.5 Å². The second-order valence-electron chi connectivity index (χ2n) is 7.67. The Morgan fingerprint density at radius 1 is 1.14 bits per heavy atom. The highest BCUT2D eigenvalue weighted by molar-refractivity contribution is 9.10. The lowest BCUT2D eigenvalue weighted by Crippen LogP contribution is -2.30. The van der Waals surface area contributed by atoms with Crippen molar-refractivity contribution in [3.63, 3.8) is 0 Å². The van der Waals surface area contributed by atoms with Crippen LogP contribution in [0.5, 0.6) is 5.75 Å². The van der Waals surface area contributed by atoms with Gasteiger partial charge in [0.15, 0.2) is 6.61 Å². The van der Waals surface area contributed by atoms with E-state index in [9.17, 15) is 23.6 Å². The number of hydrogen-bond acceptors (Lipinski definition) is 7. The summed E-state index contributed by atoms with van der Waals surface area (Å²) in [6.07, 6.45) is 1.48. The minimum Gasteiger partial charge on any atom is -0.483 e. The first-order valence-corrected chi connectivity index (χ1v) is 11.5. The van der Waals surface area contributed by atoms with Crippen molar-refractivity contribution in [2.45, 2.75) is 6.54 Å². The summed E-state index contributed by atoms with van der Waals surface area (Å²) in [6, 6.07) is 12.4. The third kappa shape index (κ3) is 6.22. The fraction of sp³-hybridized carbons (Fsp3) is 0.120. The van der Waals surface area contributed by atoms with E-state index in [1.165, 1.54) is 49.6 Å². The number of ether oxygens (including phenoxy) is 2. The maximum Gasteiger partial charge on any atom is 0.373 e. The molecule has 0 saturated carbocycles. The van der Waals surface area contributed by atoms with Crippen LogP contribution in [-0.4, -0.2) is 42.4 Å². The highest BCUT2D eigenvalue weighted by Gasteiger charge is 2.34. The molecule has 0 unspecified atom stereocenters. The predicted molar refractivity (Wildman–Crippen MR) is 132 cm³/mol. The maximum atomic E-state index is 13.0. The number of anilines is 1. The fourth-order valence-electron chi connectivity index (χ4n) is 3.31. The van der Waals surface area contributed by atoms with E-state index in [1.54, 1.807) is 18.2 Å². The molecule has 4 amide bonds. The maximum absolute atomic E-state index is 13.0. The van der Waals surface area contributed by atoms with Crippen LogP contribution in [0.4, 0.5) is 14.9 Å². The van der Waals surface area contributed by atoms with E-state index in [-0.39, 0.29) is 30.4 Å². The van der Waals surface area contributed by atoms with Gasteiger partial charge in [0.25, 0.3) is 11.8 Å². The van der Waals surface area contributed by atoms with Gasteiger partial charge in [-0.1, -0.05) is 6.07 Å². The molecule has 1 fully saturated rings. The largest absolute Gasteiger partial charge is 0.483 e. The van der Waals surface area contributed by atoms with Gasteiger partial charge in [0.05, 0.1) is 18.1 Å². The van der Waals surface area contributed by atoms with Gasteiger partial charge in [-0.15, -0.1) is 0 Å². The topological polar surface area (TPSA) is 127 Å². The average molecular weight is 572 g/mol. The molecule has 3 aromatic rings. The monoisotopic (exact) mass is 571 g/mol. The van der Waals surface area contributed by atoms with Crippen LogP contribution in [0.15, 0.2) is 69.2 Å². The molecule has 1 aliphatic rings. The van der Waals surface area contributed by atoms with Crippen LogP contribution in [-0.2, 0) is 20.9 Å². The van der Waals surface area contributed by atoms with Crippen LogP contribution in [0.25, 0.3) is 6.08 Å². The lowest BCUT2D eigenvalue weighted by Gasteiger charge is -2.10. The van der Waals surface area contributed by atoms with Crippen molar-refractivity contribution in [3.05, 3.63) is 87.7 Å². The summed E-state index contributed by atoms with van der Waals surface area (Å²) < 4.78 is 28.9. The van der Waals surface area contributed by atoms with Crippen LogP contribution in [0, 0.1) is 5.82 Å². The van der Waals surface area contributed by atoms with Crippen molar-refractivity contribution in [2.24, 2.45) is 0 Å². The van der Waals surface area contributed by atoms with Crippen LogP contribution in [0.2, 0.25) is 0 Å². The number of hydrogen-bond donors (Lipinski definition) is 2. The zero-order valence-corrected chi connectivity index (χ0v) is 20.8. The first kappa shape index (κ1) is 25.6. The molecule has 1 aromatic heterocycles. The first-order valence-electron chi connectivity index (χ1n) is 10.7. The van der Waals surface area contributed by atoms with Crippen LogP contribution >= 0.6 is 15.9 Å². The Bertz CT molecular complexity index is 1400. The van der Waals surface area contributed by atoms with Gasteiger partial charge in [-0.2, -0.15) is 0 Å². The Kier molecular flexibility index (Phi) is 7.68. The predicted octanol–water partition coefficient (Wildman–Crippen LogP) is 4.08. The minimum atomic E-state index is -0.671. The van der Waals surface area contributed by atoms with Gasteiger partial charge in [-0.05, 0) is 76.1 Å². The van der Waals surface area contributed by atoms with Gasteiger partial charge >= 0.3 is 12.0 Å². The zero-order valence-electron chi connectivity index (χ0n) is 19.2. The third-order valence-electron chi connectivity index (χ3n) is 5.08. The zero-order chi connectivity index (χ0) is 26.5. The van der Waals surface area contributed by atoms with E-state index in [0.717, 1.165) is 4.90 Å². The molecular formula is C25H19BrFN3O7. The SMILES string of the molecule is COC(=O)c1ccc(CN2C(=O)N/C(=C\c3ccc(OCC(=O)Nc4ccc(F)cc4)c(Br)c3)C2=O)o1. The molecule has 0 bridgehead atoms. The quantitative estimate of drug-likeness (QED) is 0.237. The number of nitrogens with zero attached hydrogens (tertiary/aromatic N) is 1. The average Bonchev–Trinajstić information content (AvgIpc) is 3.45. The molecule has 12 heteroatoms. The number of carbonyl (C=O) groups excluding carboxylic acids is 4. The fourth-order valence-corrected chi connectivity index (χ4v) is 3.82. The lowest BCUT2D eigenvalue weighted by molar-refractivity contribution is -0.123. The number of rotatable bonds is 8. The van der Waals surface area contributed by atoms with E-state index in [2.05, 4.69) is 31.3 Å². The summed E-state index contributed by atoms with van der Waals surface area (Å²) in [5, 5.41) is 5.10.